The summed E-state index contributed by atoms with van der Waals surface area (Å²) in [7, 11) is 0. The monoisotopic (exact) mass is 281 g/mol. The van der Waals surface area contributed by atoms with Crippen molar-refractivity contribution < 1.29 is 14.1 Å². The van der Waals surface area contributed by atoms with Crippen molar-refractivity contribution >= 4 is 5.91 Å². The Morgan fingerprint density at radius 2 is 2.35 bits per heavy atom. The Bertz CT molecular complexity index is 423. The molecule has 0 aromatic carbocycles. The Labute approximate surface area is 119 Å². The lowest BCUT2D eigenvalue weighted by atomic mass is 9.99. The first-order valence-electron chi connectivity index (χ1n) is 7.28. The Balaban J connectivity index is 1.83. The summed E-state index contributed by atoms with van der Waals surface area (Å²) in [5.74, 6) is 1.05. The van der Waals surface area contributed by atoms with E-state index in [0.29, 0.717) is 38.0 Å². The molecule has 6 nitrogen and oxygen atoms in total. The highest BCUT2D eigenvalue weighted by molar-refractivity contribution is 5.81. The van der Waals surface area contributed by atoms with E-state index in [4.69, 9.17) is 9.26 Å². The molecule has 1 aromatic heterocycles. The van der Waals surface area contributed by atoms with Crippen molar-refractivity contribution in [1.29, 1.82) is 0 Å². The Kier molecular flexibility index (Phi) is 5.55. The van der Waals surface area contributed by atoms with E-state index in [1.54, 1.807) is 0 Å². The largest absolute Gasteiger partial charge is 0.378 e. The number of carbonyl (C=O) groups is 1. The summed E-state index contributed by atoms with van der Waals surface area (Å²) < 4.78 is 10.5. The average Bonchev–Trinajstić information content (AvgIpc) is 2.96. The fourth-order valence-corrected chi connectivity index (χ4v) is 2.34. The molecule has 2 heterocycles. The summed E-state index contributed by atoms with van der Waals surface area (Å²) in [4.78, 5) is 11.9. The lowest BCUT2D eigenvalue weighted by Crippen LogP contribution is -2.51. The SMILES string of the molecule is CCC(CC)c1cc(CNC(=O)C2COCCN2)on1. The van der Waals surface area contributed by atoms with Gasteiger partial charge < -0.3 is 19.9 Å². The second-order valence-corrected chi connectivity index (χ2v) is 5.03. The van der Waals surface area contributed by atoms with Gasteiger partial charge in [-0.05, 0) is 12.8 Å². The normalized spacial score (nSPS) is 19.2. The molecule has 0 aliphatic carbocycles. The number of carbonyl (C=O) groups excluding carboxylic acids is 1. The zero-order chi connectivity index (χ0) is 14.4. The van der Waals surface area contributed by atoms with Gasteiger partial charge in [0.25, 0.3) is 0 Å². The third kappa shape index (κ3) is 3.80. The van der Waals surface area contributed by atoms with E-state index < -0.39 is 0 Å². The molecule has 1 aromatic rings. The maximum absolute atomic E-state index is 11.9. The van der Waals surface area contributed by atoms with Crippen LogP contribution in [0.2, 0.25) is 0 Å². The lowest BCUT2D eigenvalue weighted by molar-refractivity contribution is -0.126. The molecule has 1 aliphatic heterocycles. The molecule has 0 saturated carbocycles. The van der Waals surface area contributed by atoms with Gasteiger partial charge in [0.2, 0.25) is 5.91 Å². The van der Waals surface area contributed by atoms with Crippen LogP contribution in [0.5, 0.6) is 0 Å². The molecule has 1 atom stereocenters. The van der Waals surface area contributed by atoms with Gasteiger partial charge in [0.1, 0.15) is 6.04 Å². The van der Waals surface area contributed by atoms with Gasteiger partial charge in [-0.1, -0.05) is 19.0 Å². The molecule has 1 amide bonds. The van der Waals surface area contributed by atoms with Crippen LogP contribution in [-0.4, -0.2) is 36.9 Å². The van der Waals surface area contributed by atoms with Gasteiger partial charge in [-0.15, -0.1) is 0 Å². The second-order valence-electron chi connectivity index (χ2n) is 5.03. The minimum atomic E-state index is -0.273. The van der Waals surface area contributed by atoms with Crippen molar-refractivity contribution in [2.24, 2.45) is 0 Å². The minimum Gasteiger partial charge on any atom is -0.378 e. The summed E-state index contributed by atoms with van der Waals surface area (Å²) in [6.45, 7) is 6.42. The standard InChI is InChI=1S/C14H23N3O3/c1-3-10(4-2)12-7-11(20-17-12)8-16-14(18)13-9-19-6-5-15-13/h7,10,13,15H,3-6,8-9H2,1-2H3,(H,16,18). The van der Waals surface area contributed by atoms with Crippen molar-refractivity contribution in [3.8, 4) is 0 Å². The van der Waals surface area contributed by atoms with E-state index in [9.17, 15) is 4.79 Å². The van der Waals surface area contributed by atoms with E-state index in [1.165, 1.54) is 0 Å². The minimum absolute atomic E-state index is 0.0646. The molecule has 20 heavy (non-hydrogen) atoms. The van der Waals surface area contributed by atoms with Gasteiger partial charge in [0, 0.05) is 18.5 Å². The van der Waals surface area contributed by atoms with Crippen LogP contribution in [-0.2, 0) is 16.1 Å². The van der Waals surface area contributed by atoms with Crippen LogP contribution in [0, 0.1) is 0 Å². The van der Waals surface area contributed by atoms with E-state index in [0.717, 1.165) is 18.5 Å². The van der Waals surface area contributed by atoms with Crippen molar-refractivity contribution in [1.82, 2.24) is 15.8 Å². The fraction of sp³-hybridized carbons (Fsp3) is 0.714. The predicted octanol–water partition coefficient (Wildman–Crippen LogP) is 1.18. The van der Waals surface area contributed by atoms with Crippen LogP contribution in [0.25, 0.3) is 0 Å². The molecule has 1 fully saturated rings. The first-order valence-corrected chi connectivity index (χ1v) is 7.28. The van der Waals surface area contributed by atoms with E-state index in [2.05, 4.69) is 29.6 Å². The number of aromatic nitrogens is 1. The van der Waals surface area contributed by atoms with Crippen LogP contribution in [0.4, 0.5) is 0 Å². The first-order chi connectivity index (χ1) is 9.74. The quantitative estimate of drug-likeness (QED) is 0.819. The average molecular weight is 281 g/mol. The third-order valence-electron chi connectivity index (χ3n) is 3.66. The van der Waals surface area contributed by atoms with Crippen LogP contribution in [0.15, 0.2) is 10.6 Å². The number of ether oxygens (including phenoxy) is 1. The lowest BCUT2D eigenvalue weighted by Gasteiger charge is -2.22. The highest BCUT2D eigenvalue weighted by atomic mass is 16.5. The van der Waals surface area contributed by atoms with Gasteiger partial charge in [-0.3, -0.25) is 4.79 Å². The fourth-order valence-electron chi connectivity index (χ4n) is 2.34. The molecule has 2 N–H and O–H groups in total. The molecule has 0 radical (unpaired) electrons. The first kappa shape index (κ1) is 15.0. The highest BCUT2D eigenvalue weighted by Crippen LogP contribution is 2.22. The molecule has 2 rings (SSSR count). The van der Waals surface area contributed by atoms with Gasteiger partial charge in [0.15, 0.2) is 5.76 Å². The van der Waals surface area contributed by atoms with Crippen molar-refractivity contribution in [2.75, 3.05) is 19.8 Å². The van der Waals surface area contributed by atoms with Crippen molar-refractivity contribution in [3.05, 3.63) is 17.5 Å². The summed E-state index contributed by atoms with van der Waals surface area (Å²) in [6.07, 6.45) is 2.08. The Morgan fingerprint density at radius 3 is 3.00 bits per heavy atom. The van der Waals surface area contributed by atoms with Crippen LogP contribution < -0.4 is 10.6 Å². The summed E-state index contributed by atoms with van der Waals surface area (Å²) >= 11 is 0. The van der Waals surface area contributed by atoms with Crippen LogP contribution in [0.1, 0.15) is 44.1 Å². The molecule has 0 spiro atoms. The smallest absolute Gasteiger partial charge is 0.239 e. The predicted molar refractivity (Wildman–Crippen MR) is 74.3 cm³/mol. The van der Waals surface area contributed by atoms with E-state index in [-0.39, 0.29) is 11.9 Å². The van der Waals surface area contributed by atoms with Gasteiger partial charge in [-0.2, -0.15) is 0 Å². The molecule has 0 bridgehead atoms. The molecule has 1 saturated heterocycles. The number of amides is 1. The van der Waals surface area contributed by atoms with Crippen LogP contribution in [0.3, 0.4) is 0 Å². The summed E-state index contributed by atoms with van der Waals surface area (Å²) in [6, 6.07) is 1.66. The maximum Gasteiger partial charge on any atom is 0.239 e. The molecule has 1 aliphatic rings. The number of morpholine rings is 1. The molecular weight excluding hydrogens is 258 g/mol. The summed E-state index contributed by atoms with van der Waals surface area (Å²) in [5.41, 5.74) is 0.971. The van der Waals surface area contributed by atoms with Crippen molar-refractivity contribution in [2.45, 2.75) is 45.2 Å². The second kappa shape index (κ2) is 7.40. The van der Waals surface area contributed by atoms with Gasteiger partial charge in [-0.25, -0.2) is 0 Å². The topological polar surface area (TPSA) is 76.4 Å². The number of rotatable bonds is 6. The third-order valence-corrected chi connectivity index (χ3v) is 3.66. The van der Waals surface area contributed by atoms with Gasteiger partial charge in [0.05, 0.1) is 25.5 Å². The molecule has 112 valence electrons. The molecule has 6 heteroatoms. The zero-order valence-electron chi connectivity index (χ0n) is 12.1. The Morgan fingerprint density at radius 1 is 1.55 bits per heavy atom. The number of hydrogen-bond acceptors (Lipinski definition) is 5. The van der Waals surface area contributed by atoms with Gasteiger partial charge >= 0.3 is 0 Å². The zero-order valence-corrected chi connectivity index (χ0v) is 12.1. The van der Waals surface area contributed by atoms with Crippen molar-refractivity contribution in [3.63, 3.8) is 0 Å². The molecule has 1 unspecified atom stereocenters. The number of hydrogen-bond donors (Lipinski definition) is 2. The maximum atomic E-state index is 11.9. The number of nitrogens with one attached hydrogen (secondary N) is 2. The Hall–Kier alpha value is -1.40. The highest BCUT2D eigenvalue weighted by Gasteiger charge is 2.21. The van der Waals surface area contributed by atoms with E-state index in [1.807, 2.05) is 6.07 Å². The molecular formula is C14H23N3O3. The van der Waals surface area contributed by atoms with E-state index >= 15 is 0 Å². The number of nitrogens with zero attached hydrogens (tertiary/aromatic N) is 1. The van der Waals surface area contributed by atoms with Crippen LogP contribution >= 0.6 is 0 Å². The summed E-state index contributed by atoms with van der Waals surface area (Å²) in [5, 5.41) is 10.0.